The Morgan fingerprint density at radius 3 is 2.00 bits per heavy atom. The summed E-state index contributed by atoms with van der Waals surface area (Å²) < 4.78 is 0. The lowest BCUT2D eigenvalue weighted by Gasteiger charge is -2.14. The predicted octanol–water partition coefficient (Wildman–Crippen LogP) is 4.93. The highest BCUT2D eigenvalue weighted by Crippen LogP contribution is 2.37. The van der Waals surface area contributed by atoms with Crippen LogP contribution in [0.2, 0.25) is 0 Å². The summed E-state index contributed by atoms with van der Waals surface area (Å²) in [6, 6.07) is 21.3. The van der Waals surface area contributed by atoms with Gasteiger partial charge in [0.15, 0.2) is 0 Å². The van der Waals surface area contributed by atoms with Gasteiger partial charge in [-0.25, -0.2) is 0 Å². The molecule has 2 aromatic rings. The molecule has 0 nitrogen and oxygen atoms in total. The third-order valence-corrected chi connectivity index (χ3v) is 4.00. The molecule has 0 saturated heterocycles. The minimum absolute atomic E-state index is 0.559. The molecule has 82 valence electrons. The molecular formula is C15H16S. The van der Waals surface area contributed by atoms with Crippen LogP contribution in [0.4, 0.5) is 0 Å². The molecule has 0 fully saturated rings. The third-order valence-electron chi connectivity index (χ3n) is 2.56. The molecule has 0 spiro atoms. The van der Waals surface area contributed by atoms with Gasteiger partial charge in [0.25, 0.3) is 0 Å². The summed E-state index contributed by atoms with van der Waals surface area (Å²) in [6.07, 6.45) is 1.16. The molecule has 0 radical (unpaired) electrons. The molecule has 16 heavy (non-hydrogen) atoms. The van der Waals surface area contributed by atoms with Crippen LogP contribution in [0.5, 0.6) is 0 Å². The second-order valence-electron chi connectivity index (χ2n) is 3.74. The summed E-state index contributed by atoms with van der Waals surface area (Å²) in [7, 11) is 0. The Bertz CT molecular complexity index is 408. The van der Waals surface area contributed by atoms with E-state index in [1.165, 1.54) is 10.5 Å². The van der Waals surface area contributed by atoms with E-state index in [0.29, 0.717) is 5.25 Å². The van der Waals surface area contributed by atoms with E-state index in [2.05, 4.69) is 67.6 Å². The Labute approximate surface area is 102 Å². The second-order valence-corrected chi connectivity index (χ2v) is 5.01. The van der Waals surface area contributed by atoms with E-state index in [1.54, 1.807) is 0 Å². The number of hydrogen-bond acceptors (Lipinski definition) is 1. The van der Waals surface area contributed by atoms with Gasteiger partial charge in [-0.1, -0.05) is 55.5 Å². The van der Waals surface area contributed by atoms with Gasteiger partial charge < -0.3 is 0 Å². The van der Waals surface area contributed by atoms with Gasteiger partial charge in [-0.15, -0.1) is 11.8 Å². The van der Waals surface area contributed by atoms with Crippen molar-refractivity contribution in [2.75, 3.05) is 0 Å². The molecule has 0 aliphatic rings. The second kappa shape index (κ2) is 5.76. The van der Waals surface area contributed by atoms with E-state index in [4.69, 9.17) is 0 Å². The maximum Gasteiger partial charge on any atom is 0.0341 e. The van der Waals surface area contributed by atoms with Gasteiger partial charge in [-0.2, -0.15) is 0 Å². The first-order valence-corrected chi connectivity index (χ1v) is 6.54. The first-order chi connectivity index (χ1) is 7.90. The van der Waals surface area contributed by atoms with Crippen LogP contribution in [0.1, 0.15) is 24.2 Å². The lowest BCUT2D eigenvalue weighted by Crippen LogP contribution is -1.91. The van der Waals surface area contributed by atoms with Crippen LogP contribution in [0.15, 0.2) is 65.6 Å². The lowest BCUT2D eigenvalue weighted by molar-refractivity contribution is 0.895. The highest BCUT2D eigenvalue weighted by molar-refractivity contribution is 7.99. The molecule has 0 aromatic heterocycles. The van der Waals surface area contributed by atoms with Gasteiger partial charge in [0.05, 0.1) is 0 Å². The molecule has 2 rings (SSSR count). The summed E-state index contributed by atoms with van der Waals surface area (Å²) in [5.41, 5.74) is 1.42. The molecular weight excluding hydrogens is 212 g/mol. The highest BCUT2D eigenvalue weighted by atomic mass is 32.2. The van der Waals surface area contributed by atoms with Crippen molar-refractivity contribution in [3.05, 3.63) is 66.2 Å². The van der Waals surface area contributed by atoms with Crippen molar-refractivity contribution in [2.45, 2.75) is 23.5 Å². The monoisotopic (exact) mass is 228 g/mol. The van der Waals surface area contributed by atoms with Gasteiger partial charge in [0.2, 0.25) is 0 Å². The van der Waals surface area contributed by atoms with Gasteiger partial charge >= 0.3 is 0 Å². The largest absolute Gasteiger partial charge is 0.118 e. The van der Waals surface area contributed by atoms with Crippen molar-refractivity contribution < 1.29 is 0 Å². The van der Waals surface area contributed by atoms with E-state index >= 15 is 0 Å². The van der Waals surface area contributed by atoms with Gasteiger partial charge in [0.1, 0.15) is 0 Å². The fourth-order valence-corrected chi connectivity index (χ4v) is 2.82. The Hall–Kier alpha value is -1.21. The molecule has 2 aromatic carbocycles. The van der Waals surface area contributed by atoms with Gasteiger partial charge in [0, 0.05) is 10.1 Å². The summed E-state index contributed by atoms with van der Waals surface area (Å²) in [4.78, 5) is 1.35. The first kappa shape index (κ1) is 11.3. The van der Waals surface area contributed by atoms with Gasteiger partial charge in [-0.3, -0.25) is 0 Å². The van der Waals surface area contributed by atoms with E-state index < -0.39 is 0 Å². The maximum atomic E-state index is 2.24. The zero-order chi connectivity index (χ0) is 11.2. The molecule has 0 N–H and O–H groups in total. The quantitative estimate of drug-likeness (QED) is 0.669. The van der Waals surface area contributed by atoms with E-state index in [9.17, 15) is 0 Å². The van der Waals surface area contributed by atoms with E-state index in [-0.39, 0.29) is 0 Å². The molecule has 0 saturated carbocycles. The Morgan fingerprint density at radius 2 is 1.44 bits per heavy atom. The molecule has 0 aliphatic carbocycles. The van der Waals surface area contributed by atoms with Crippen molar-refractivity contribution >= 4 is 11.8 Å². The van der Waals surface area contributed by atoms with Crippen LogP contribution in [0.25, 0.3) is 0 Å². The molecule has 0 aliphatic heterocycles. The summed E-state index contributed by atoms with van der Waals surface area (Å²) >= 11 is 1.94. The van der Waals surface area contributed by atoms with Crippen LogP contribution in [0.3, 0.4) is 0 Å². The number of hydrogen-bond donors (Lipinski definition) is 0. The fraction of sp³-hybridized carbons (Fsp3) is 0.200. The zero-order valence-corrected chi connectivity index (χ0v) is 10.3. The van der Waals surface area contributed by atoms with Crippen molar-refractivity contribution in [3.63, 3.8) is 0 Å². The Balaban J connectivity index is 2.13. The normalized spacial score (nSPS) is 12.3. The van der Waals surface area contributed by atoms with Crippen molar-refractivity contribution in [3.8, 4) is 0 Å². The zero-order valence-electron chi connectivity index (χ0n) is 9.47. The minimum Gasteiger partial charge on any atom is -0.118 e. The SMILES string of the molecule is CC[C@H](Sc1ccccc1)c1ccccc1. The smallest absolute Gasteiger partial charge is 0.0341 e. The van der Waals surface area contributed by atoms with Crippen LogP contribution in [-0.4, -0.2) is 0 Å². The fourth-order valence-electron chi connectivity index (χ4n) is 1.72. The van der Waals surface area contributed by atoms with E-state index in [0.717, 1.165) is 6.42 Å². The lowest BCUT2D eigenvalue weighted by atomic mass is 10.1. The van der Waals surface area contributed by atoms with Crippen LogP contribution >= 0.6 is 11.8 Å². The number of thioether (sulfide) groups is 1. The van der Waals surface area contributed by atoms with Crippen molar-refractivity contribution in [1.82, 2.24) is 0 Å². The van der Waals surface area contributed by atoms with E-state index in [1.807, 2.05) is 11.8 Å². The molecule has 1 heteroatoms. The summed E-state index contributed by atoms with van der Waals surface area (Å²) in [5.74, 6) is 0. The van der Waals surface area contributed by atoms with Crippen molar-refractivity contribution in [1.29, 1.82) is 0 Å². The predicted molar refractivity (Wildman–Crippen MR) is 71.8 cm³/mol. The Morgan fingerprint density at radius 1 is 0.875 bits per heavy atom. The molecule has 0 bridgehead atoms. The first-order valence-electron chi connectivity index (χ1n) is 5.67. The minimum atomic E-state index is 0.559. The number of benzene rings is 2. The summed E-state index contributed by atoms with van der Waals surface area (Å²) in [6.45, 7) is 2.24. The van der Waals surface area contributed by atoms with Crippen molar-refractivity contribution in [2.24, 2.45) is 0 Å². The number of rotatable bonds is 4. The highest BCUT2D eigenvalue weighted by Gasteiger charge is 2.09. The van der Waals surface area contributed by atoms with Crippen LogP contribution in [0, 0.1) is 0 Å². The maximum absolute atomic E-state index is 2.24. The van der Waals surface area contributed by atoms with Crippen LogP contribution in [-0.2, 0) is 0 Å². The molecule has 0 heterocycles. The van der Waals surface area contributed by atoms with Crippen LogP contribution < -0.4 is 0 Å². The average Bonchev–Trinajstić information content (AvgIpc) is 2.38. The average molecular weight is 228 g/mol. The standard InChI is InChI=1S/C15H16S/c1-2-15(13-9-5-3-6-10-13)16-14-11-7-4-8-12-14/h3-12,15H,2H2,1H3/t15-/m0/s1. The van der Waals surface area contributed by atoms with Gasteiger partial charge in [-0.05, 0) is 24.1 Å². The third kappa shape index (κ3) is 2.89. The molecule has 1 atom stereocenters. The molecule has 0 unspecified atom stereocenters. The molecule has 0 amide bonds. The summed E-state index contributed by atoms with van der Waals surface area (Å²) in [5, 5.41) is 0.559. The topological polar surface area (TPSA) is 0 Å². The Kier molecular flexibility index (Phi) is 4.06.